The SMILES string of the molecule is c1ccc(Nc2ccc3c(c2)c2cc(Nc4ccccc4)ccc2c2c(-c4ccccc4)c(-c4ccccc4)c(-c4ccccc4)c(-c4ccccc4)c32)cc1. The Morgan fingerprint density at radius 2 is 0.500 bits per heavy atom. The van der Waals surface area contributed by atoms with Crippen molar-refractivity contribution in [2.45, 2.75) is 0 Å². The predicted octanol–water partition coefficient (Wildman–Crippen LogP) is 15.3. The van der Waals surface area contributed by atoms with Crippen LogP contribution >= 0.6 is 0 Å². The number of benzene rings is 10. The lowest BCUT2D eigenvalue weighted by Crippen LogP contribution is -2.00. The number of hydrogen-bond donors (Lipinski definition) is 2. The van der Waals surface area contributed by atoms with Gasteiger partial charge in [-0.2, -0.15) is 0 Å². The van der Waals surface area contributed by atoms with Gasteiger partial charge in [0, 0.05) is 22.7 Å². The molecular formula is C54H38N2. The zero-order valence-corrected chi connectivity index (χ0v) is 30.8. The summed E-state index contributed by atoms with van der Waals surface area (Å²) < 4.78 is 0. The first kappa shape index (κ1) is 33.2. The maximum atomic E-state index is 3.70. The normalized spacial score (nSPS) is 11.2. The minimum atomic E-state index is 1.04. The van der Waals surface area contributed by atoms with E-state index < -0.39 is 0 Å². The number of rotatable bonds is 8. The molecule has 0 spiro atoms. The van der Waals surface area contributed by atoms with Gasteiger partial charge < -0.3 is 10.6 Å². The number of hydrogen-bond acceptors (Lipinski definition) is 2. The summed E-state index contributed by atoms with van der Waals surface area (Å²) in [6.45, 7) is 0. The highest BCUT2D eigenvalue weighted by Gasteiger charge is 2.27. The van der Waals surface area contributed by atoms with Gasteiger partial charge in [0.05, 0.1) is 0 Å². The van der Waals surface area contributed by atoms with Crippen LogP contribution in [0.2, 0.25) is 0 Å². The minimum Gasteiger partial charge on any atom is -0.356 e. The van der Waals surface area contributed by atoms with Crippen molar-refractivity contribution in [2.75, 3.05) is 10.6 Å². The lowest BCUT2D eigenvalue weighted by atomic mass is 9.76. The molecule has 10 aromatic carbocycles. The van der Waals surface area contributed by atoms with Crippen molar-refractivity contribution in [3.05, 3.63) is 218 Å². The molecule has 2 heteroatoms. The van der Waals surface area contributed by atoms with Crippen LogP contribution in [-0.4, -0.2) is 0 Å². The average molecular weight is 715 g/mol. The third-order valence-electron chi connectivity index (χ3n) is 10.7. The first-order valence-electron chi connectivity index (χ1n) is 19.2. The molecule has 0 unspecified atom stereocenters. The second-order valence-electron chi connectivity index (χ2n) is 14.2. The molecule has 0 saturated heterocycles. The molecule has 0 aliphatic carbocycles. The van der Waals surface area contributed by atoms with Gasteiger partial charge in [0.15, 0.2) is 0 Å². The molecule has 0 aliphatic heterocycles. The summed E-state index contributed by atoms with van der Waals surface area (Å²) in [5, 5.41) is 14.7. The Hall–Kier alpha value is -7.42. The summed E-state index contributed by atoms with van der Waals surface area (Å²) in [7, 11) is 0. The topological polar surface area (TPSA) is 24.1 Å². The molecule has 0 atom stereocenters. The van der Waals surface area contributed by atoms with Crippen molar-refractivity contribution in [3.63, 3.8) is 0 Å². The molecule has 10 rings (SSSR count). The minimum absolute atomic E-state index is 1.04. The number of para-hydroxylation sites is 2. The van der Waals surface area contributed by atoms with Gasteiger partial charge >= 0.3 is 0 Å². The highest BCUT2D eigenvalue weighted by molar-refractivity contribution is 6.35. The molecule has 0 bridgehead atoms. The molecule has 264 valence electrons. The molecule has 0 radical (unpaired) electrons. The van der Waals surface area contributed by atoms with Crippen LogP contribution in [0.1, 0.15) is 0 Å². The smallest absolute Gasteiger partial charge is 0.0390 e. The maximum absolute atomic E-state index is 3.70. The van der Waals surface area contributed by atoms with E-state index in [2.05, 4.69) is 229 Å². The standard InChI is InChI=1S/C54H38N2/c1-7-19-37(20-8-1)49-50(38-21-9-2-10-22-38)52(40-25-13-4-14-26-40)54-46-34-32-44(56-42-29-17-6-18-30-42)36-48(46)47-35-43(55-41-27-15-5-16-28-41)31-33-45(47)53(54)51(49)39-23-11-3-12-24-39/h1-36,55-56H. The Morgan fingerprint density at radius 3 is 0.821 bits per heavy atom. The van der Waals surface area contributed by atoms with Crippen LogP contribution in [0.25, 0.3) is 76.8 Å². The summed E-state index contributed by atoms with van der Waals surface area (Å²) in [4.78, 5) is 0. The van der Waals surface area contributed by atoms with Crippen LogP contribution in [0, 0.1) is 0 Å². The highest BCUT2D eigenvalue weighted by atomic mass is 14.9. The first-order chi connectivity index (χ1) is 27.8. The van der Waals surface area contributed by atoms with Crippen molar-refractivity contribution >= 4 is 55.1 Å². The largest absolute Gasteiger partial charge is 0.356 e. The van der Waals surface area contributed by atoms with Crippen LogP contribution < -0.4 is 10.6 Å². The van der Waals surface area contributed by atoms with Gasteiger partial charge in [-0.3, -0.25) is 0 Å². The fraction of sp³-hybridized carbons (Fsp3) is 0. The molecule has 0 aromatic heterocycles. The van der Waals surface area contributed by atoms with Gasteiger partial charge in [0.2, 0.25) is 0 Å². The van der Waals surface area contributed by atoms with E-state index in [0.717, 1.165) is 22.7 Å². The van der Waals surface area contributed by atoms with Gasteiger partial charge in [-0.25, -0.2) is 0 Å². The molecule has 0 aliphatic rings. The summed E-state index contributed by atoms with van der Waals surface area (Å²) in [6.07, 6.45) is 0. The highest BCUT2D eigenvalue weighted by Crippen LogP contribution is 2.54. The van der Waals surface area contributed by atoms with Gasteiger partial charge in [-0.1, -0.05) is 170 Å². The molecule has 0 saturated carbocycles. The fourth-order valence-electron chi connectivity index (χ4n) is 8.36. The van der Waals surface area contributed by atoms with Gasteiger partial charge in [0.25, 0.3) is 0 Å². The van der Waals surface area contributed by atoms with E-state index in [4.69, 9.17) is 0 Å². The summed E-state index contributed by atoms with van der Waals surface area (Å²) >= 11 is 0. The van der Waals surface area contributed by atoms with E-state index in [1.54, 1.807) is 0 Å². The third kappa shape index (κ3) is 6.04. The quantitative estimate of drug-likeness (QED) is 0.153. The lowest BCUT2D eigenvalue weighted by Gasteiger charge is -2.27. The van der Waals surface area contributed by atoms with Crippen LogP contribution in [-0.2, 0) is 0 Å². The van der Waals surface area contributed by atoms with Crippen LogP contribution in [0.4, 0.5) is 22.7 Å². The van der Waals surface area contributed by atoms with E-state index in [9.17, 15) is 0 Å². The van der Waals surface area contributed by atoms with Crippen LogP contribution in [0.15, 0.2) is 218 Å². The van der Waals surface area contributed by atoms with E-state index >= 15 is 0 Å². The molecule has 0 heterocycles. The summed E-state index contributed by atoms with van der Waals surface area (Å²) in [5.74, 6) is 0. The van der Waals surface area contributed by atoms with Gasteiger partial charge in [-0.05, 0) is 125 Å². The second-order valence-corrected chi connectivity index (χ2v) is 14.2. The Kier molecular flexibility index (Phi) is 8.55. The second kappa shape index (κ2) is 14.4. The van der Waals surface area contributed by atoms with Crippen LogP contribution in [0.3, 0.4) is 0 Å². The number of anilines is 4. The van der Waals surface area contributed by atoms with Crippen LogP contribution in [0.5, 0.6) is 0 Å². The van der Waals surface area contributed by atoms with Gasteiger partial charge in [0.1, 0.15) is 0 Å². The van der Waals surface area contributed by atoms with Crippen molar-refractivity contribution in [3.8, 4) is 44.5 Å². The van der Waals surface area contributed by atoms with E-state index in [1.807, 2.05) is 0 Å². The molecule has 0 amide bonds. The monoisotopic (exact) mass is 714 g/mol. The van der Waals surface area contributed by atoms with E-state index in [1.165, 1.54) is 76.8 Å². The molecule has 2 N–H and O–H groups in total. The number of nitrogens with one attached hydrogen (secondary N) is 2. The third-order valence-corrected chi connectivity index (χ3v) is 10.7. The lowest BCUT2D eigenvalue weighted by molar-refractivity contribution is 1.56. The molecule has 0 fully saturated rings. The Balaban J connectivity index is 1.44. The fourth-order valence-corrected chi connectivity index (χ4v) is 8.36. The Morgan fingerprint density at radius 1 is 0.214 bits per heavy atom. The average Bonchev–Trinajstić information content (AvgIpc) is 3.27. The first-order valence-corrected chi connectivity index (χ1v) is 19.2. The maximum Gasteiger partial charge on any atom is 0.0390 e. The van der Waals surface area contributed by atoms with Crippen molar-refractivity contribution in [2.24, 2.45) is 0 Å². The number of fused-ring (bicyclic) bond motifs is 6. The van der Waals surface area contributed by atoms with Crippen molar-refractivity contribution in [1.82, 2.24) is 0 Å². The van der Waals surface area contributed by atoms with Gasteiger partial charge in [-0.15, -0.1) is 0 Å². The Labute approximate surface area is 327 Å². The molecule has 56 heavy (non-hydrogen) atoms. The molecular weight excluding hydrogens is 677 g/mol. The Bertz CT molecular complexity index is 2760. The predicted molar refractivity (Wildman–Crippen MR) is 240 cm³/mol. The summed E-state index contributed by atoms with van der Waals surface area (Å²) in [5.41, 5.74) is 13.8. The van der Waals surface area contributed by atoms with E-state index in [-0.39, 0.29) is 0 Å². The zero-order valence-electron chi connectivity index (χ0n) is 30.8. The van der Waals surface area contributed by atoms with E-state index in [0.29, 0.717) is 0 Å². The zero-order chi connectivity index (χ0) is 37.3. The van der Waals surface area contributed by atoms with Crippen molar-refractivity contribution < 1.29 is 0 Å². The molecule has 2 nitrogen and oxygen atoms in total. The van der Waals surface area contributed by atoms with Crippen molar-refractivity contribution in [1.29, 1.82) is 0 Å². The summed E-state index contributed by atoms with van der Waals surface area (Å²) in [6, 6.07) is 78.5. The molecule has 10 aromatic rings.